The summed E-state index contributed by atoms with van der Waals surface area (Å²) in [4.78, 5) is 32.6. The molecule has 2 aromatic carbocycles. The molecule has 8 nitrogen and oxygen atoms in total. The Hall–Kier alpha value is -3.14. The van der Waals surface area contributed by atoms with Crippen LogP contribution in [-0.4, -0.2) is 72.6 Å². The van der Waals surface area contributed by atoms with Crippen molar-refractivity contribution >= 4 is 33.6 Å². The zero-order valence-corrected chi connectivity index (χ0v) is 22.7. The number of amides is 3. The summed E-state index contributed by atoms with van der Waals surface area (Å²) in [6.45, 7) is 6.65. The van der Waals surface area contributed by atoms with Gasteiger partial charge in [-0.15, -0.1) is 0 Å². The summed E-state index contributed by atoms with van der Waals surface area (Å²) in [5.41, 5.74) is 1.67. The second-order valence-corrected chi connectivity index (χ2v) is 9.98. The number of nitrogens with zero attached hydrogens (tertiary/aromatic N) is 3. The smallest absolute Gasteiger partial charge is 0.322 e. The number of carbonyl (C=O) groups is 2. The van der Waals surface area contributed by atoms with E-state index in [2.05, 4.69) is 26.1 Å². The third-order valence-electron chi connectivity index (χ3n) is 6.19. The van der Waals surface area contributed by atoms with Crippen molar-refractivity contribution in [2.75, 3.05) is 51.3 Å². The highest BCUT2D eigenvalue weighted by Gasteiger charge is 2.24. The van der Waals surface area contributed by atoms with Crippen LogP contribution < -0.4 is 5.32 Å². The van der Waals surface area contributed by atoms with Gasteiger partial charge in [0.15, 0.2) is 0 Å². The highest BCUT2D eigenvalue weighted by Crippen LogP contribution is 2.17. The summed E-state index contributed by atoms with van der Waals surface area (Å²) in [5, 5.41) is 2.94. The first-order valence-electron chi connectivity index (χ1n) is 12.4. The van der Waals surface area contributed by atoms with E-state index in [0.717, 1.165) is 28.9 Å². The van der Waals surface area contributed by atoms with Crippen LogP contribution in [0, 0.1) is 6.92 Å². The number of anilines is 1. The van der Waals surface area contributed by atoms with Crippen molar-refractivity contribution in [3.63, 3.8) is 0 Å². The number of urea groups is 1. The maximum Gasteiger partial charge on any atom is 0.322 e. The molecule has 0 spiro atoms. The number of ether oxygens (including phenoxy) is 1. The highest BCUT2D eigenvalue weighted by molar-refractivity contribution is 9.10. The number of nitrogens with one attached hydrogen (secondary N) is 1. The molecule has 1 aliphatic heterocycles. The molecule has 0 radical (unpaired) electrons. The molecule has 9 heteroatoms. The molecule has 3 aromatic rings. The zero-order valence-electron chi connectivity index (χ0n) is 21.1. The Balaban J connectivity index is 1.49. The van der Waals surface area contributed by atoms with Gasteiger partial charge >= 0.3 is 6.03 Å². The molecule has 2 heterocycles. The predicted octanol–water partition coefficient (Wildman–Crippen LogP) is 4.75. The third kappa shape index (κ3) is 8.45. The van der Waals surface area contributed by atoms with E-state index in [1.54, 1.807) is 9.80 Å². The van der Waals surface area contributed by atoms with Crippen LogP contribution in [0.25, 0.3) is 0 Å². The molecule has 0 saturated carbocycles. The molecule has 1 N–H and O–H groups in total. The van der Waals surface area contributed by atoms with Crippen LogP contribution in [-0.2, 0) is 22.6 Å². The van der Waals surface area contributed by atoms with Crippen molar-refractivity contribution in [3.05, 3.63) is 88.3 Å². The number of morpholine rings is 1. The van der Waals surface area contributed by atoms with Gasteiger partial charge < -0.3 is 24.3 Å². The van der Waals surface area contributed by atoms with E-state index in [-0.39, 0.29) is 18.5 Å². The minimum Gasteiger partial charge on any atom is -0.464 e. The first-order valence-corrected chi connectivity index (χ1v) is 13.2. The minimum atomic E-state index is -0.312. The van der Waals surface area contributed by atoms with Crippen LogP contribution in [0.4, 0.5) is 10.5 Å². The Morgan fingerprint density at radius 1 is 0.973 bits per heavy atom. The van der Waals surface area contributed by atoms with Crippen molar-refractivity contribution in [2.45, 2.75) is 20.0 Å². The first-order chi connectivity index (χ1) is 18.0. The van der Waals surface area contributed by atoms with Gasteiger partial charge in [0.25, 0.3) is 0 Å². The number of carbonyl (C=O) groups excluding carboxylic acids is 2. The van der Waals surface area contributed by atoms with Crippen LogP contribution in [0.2, 0.25) is 0 Å². The fourth-order valence-electron chi connectivity index (χ4n) is 4.17. The lowest BCUT2D eigenvalue weighted by atomic mass is 10.2. The third-order valence-corrected chi connectivity index (χ3v) is 6.68. The van der Waals surface area contributed by atoms with Crippen LogP contribution >= 0.6 is 15.9 Å². The lowest BCUT2D eigenvalue weighted by Gasteiger charge is -2.31. The van der Waals surface area contributed by atoms with E-state index < -0.39 is 0 Å². The number of hydrogen-bond acceptors (Lipinski definition) is 5. The normalized spacial score (nSPS) is 13.8. The van der Waals surface area contributed by atoms with E-state index in [4.69, 9.17) is 9.15 Å². The van der Waals surface area contributed by atoms with Gasteiger partial charge in [-0.05, 0) is 42.8 Å². The SMILES string of the molecule is Cc1ccc(CN(Cc2ccccc2)C(=O)CN(CCN2CCOCC2)C(=O)Nc2cccc(Br)c2)o1. The summed E-state index contributed by atoms with van der Waals surface area (Å²) < 4.78 is 12.1. The minimum absolute atomic E-state index is 0.0449. The molecule has 1 aromatic heterocycles. The van der Waals surface area contributed by atoms with Crippen molar-refractivity contribution in [1.29, 1.82) is 0 Å². The van der Waals surface area contributed by atoms with E-state index in [0.29, 0.717) is 50.8 Å². The van der Waals surface area contributed by atoms with Crippen molar-refractivity contribution < 1.29 is 18.7 Å². The first kappa shape index (κ1) is 26.9. The van der Waals surface area contributed by atoms with Gasteiger partial charge in [0.1, 0.15) is 18.1 Å². The van der Waals surface area contributed by atoms with Crippen molar-refractivity contribution in [3.8, 4) is 0 Å². The Morgan fingerprint density at radius 3 is 2.46 bits per heavy atom. The molecule has 3 amide bonds. The van der Waals surface area contributed by atoms with Gasteiger partial charge in [-0.1, -0.05) is 52.3 Å². The van der Waals surface area contributed by atoms with Crippen LogP contribution in [0.15, 0.2) is 75.6 Å². The number of benzene rings is 2. The largest absolute Gasteiger partial charge is 0.464 e. The molecular weight excluding hydrogens is 536 g/mol. The topological polar surface area (TPSA) is 78.3 Å². The molecule has 37 heavy (non-hydrogen) atoms. The van der Waals surface area contributed by atoms with Gasteiger partial charge in [0.05, 0.1) is 19.8 Å². The number of furan rings is 1. The van der Waals surface area contributed by atoms with Crippen molar-refractivity contribution in [2.24, 2.45) is 0 Å². The maximum absolute atomic E-state index is 13.7. The summed E-state index contributed by atoms with van der Waals surface area (Å²) in [6.07, 6.45) is 0. The molecule has 0 bridgehead atoms. The standard InChI is InChI=1S/C28H33BrN4O4/c1-22-10-11-26(37-22)20-33(19-23-6-3-2-4-7-23)27(34)21-32(13-12-31-14-16-36-17-15-31)28(35)30-25-9-5-8-24(29)18-25/h2-11,18H,12-17,19-21H2,1H3,(H,30,35). The van der Waals surface area contributed by atoms with E-state index in [1.165, 1.54) is 0 Å². The maximum atomic E-state index is 13.7. The van der Waals surface area contributed by atoms with Gasteiger partial charge in [-0.3, -0.25) is 9.69 Å². The molecule has 1 aliphatic rings. The quantitative estimate of drug-likeness (QED) is 0.382. The highest BCUT2D eigenvalue weighted by atomic mass is 79.9. The zero-order chi connectivity index (χ0) is 26.0. The van der Waals surface area contributed by atoms with Crippen LogP contribution in [0.3, 0.4) is 0 Å². The van der Waals surface area contributed by atoms with E-state index >= 15 is 0 Å². The van der Waals surface area contributed by atoms with E-state index in [1.807, 2.05) is 73.7 Å². The molecule has 196 valence electrons. The summed E-state index contributed by atoms with van der Waals surface area (Å²) in [7, 11) is 0. The second kappa shape index (κ2) is 13.4. The summed E-state index contributed by atoms with van der Waals surface area (Å²) in [5.74, 6) is 1.35. The summed E-state index contributed by atoms with van der Waals surface area (Å²) in [6, 6.07) is 20.7. The van der Waals surface area contributed by atoms with Gasteiger partial charge in [0, 0.05) is 42.9 Å². The predicted molar refractivity (Wildman–Crippen MR) is 146 cm³/mol. The average molecular weight is 570 g/mol. The molecule has 1 fully saturated rings. The molecule has 0 aliphatic carbocycles. The van der Waals surface area contributed by atoms with Gasteiger partial charge in [-0.2, -0.15) is 0 Å². The molecule has 0 unspecified atom stereocenters. The monoisotopic (exact) mass is 568 g/mol. The Kier molecular flexibility index (Phi) is 9.76. The van der Waals surface area contributed by atoms with Crippen LogP contribution in [0.5, 0.6) is 0 Å². The Bertz CT molecular complexity index is 1160. The lowest BCUT2D eigenvalue weighted by molar-refractivity contribution is -0.133. The fourth-order valence-corrected chi connectivity index (χ4v) is 4.56. The fraction of sp³-hybridized carbons (Fsp3) is 0.357. The molecule has 0 atom stereocenters. The molecule has 4 rings (SSSR count). The second-order valence-electron chi connectivity index (χ2n) is 9.06. The summed E-state index contributed by atoms with van der Waals surface area (Å²) >= 11 is 3.44. The number of halogens is 1. The molecule has 1 saturated heterocycles. The van der Waals surface area contributed by atoms with Crippen LogP contribution in [0.1, 0.15) is 17.1 Å². The average Bonchev–Trinajstić information content (AvgIpc) is 3.31. The molecular formula is C28H33BrN4O4. The number of rotatable bonds is 10. The number of hydrogen-bond donors (Lipinski definition) is 1. The van der Waals surface area contributed by atoms with Crippen molar-refractivity contribution in [1.82, 2.24) is 14.7 Å². The number of aryl methyl sites for hydroxylation is 1. The van der Waals surface area contributed by atoms with Gasteiger partial charge in [0.2, 0.25) is 5.91 Å². The van der Waals surface area contributed by atoms with Gasteiger partial charge in [-0.25, -0.2) is 4.79 Å². The Labute approximate surface area is 226 Å². The lowest BCUT2D eigenvalue weighted by Crippen LogP contribution is -2.48. The Morgan fingerprint density at radius 2 is 1.76 bits per heavy atom. The van der Waals surface area contributed by atoms with E-state index in [9.17, 15) is 9.59 Å².